The fourth-order valence-electron chi connectivity index (χ4n) is 1.88. The van der Waals surface area contributed by atoms with E-state index in [0.717, 1.165) is 13.1 Å². The van der Waals surface area contributed by atoms with Crippen molar-refractivity contribution in [1.29, 1.82) is 0 Å². The highest BCUT2D eigenvalue weighted by atomic mass is 15.1. The number of nitrogens with one attached hydrogen (secondary N) is 1. The molecule has 2 nitrogen and oxygen atoms in total. The van der Waals surface area contributed by atoms with Crippen molar-refractivity contribution < 1.29 is 0 Å². The first kappa shape index (κ1) is 8.42. The molecule has 0 spiro atoms. The number of anilines is 2. The number of benzene rings is 1. The molecule has 0 saturated heterocycles. The maximum Gasteiger partial charge on any atom is 0.0398 e. The zero-order chi connectivity index (χ0) is 9.26. The molecule has 0 bridgehead atoms. The van der Waals surface area contributed by atoms with E-state index in [-0.39, 0.29) is 0 Å². The van der Waals surface area contributed by atoms with Crippen molar-refractivity contribution in [2.45, 2.75) is 13.3 Å². The summed E-state index contributed by atoms with van der Waals surface area (Å²) in [6.07, 6.45) is 1.19. The van der Waals surface area contributed by atoms with E-state index < -0.39 is 0 Å². The first-order valence-corrected chi connectivity index (χ1v) is 4.89. The fraction of sp³-hybridized carbons (Fsp3) is 0.455. The van der Waals surface area contributed by atoms with Gasteiger partial charge in [0, 0.05) is 31.5 Å². The molecule has 70 valence electrons. The molecular weight excluding hydrogens is 160 g/mol. The minimum Gasteiger partial charge on any atom is -0.385 e. The molecule has 1 heterocycles. The van der Waals surface area contributed by atoms with Crippen LogP contribution in [0.2, 0.25) is 0 Å². The minimum absolute atomic E-state index is 0.995. The summed E-state index contributed by atoms with van der Waals surface area (Å²) in [6.45, 7) is 4.28. The number of nitrogens with zero attached hydrogens (tertiary/aromatic N) is 1. The van der Waals surface area contributed by atoms with Crippen LogP contribution in [0.4, 0.5) is 11.4 Å². The Morgan fingerprint density at radius 2 is 2.31 bits per heavy atom. The number of hydrogen-bond acceptors (Lipinski definition) is 2. The molecule has 1 aliphatic heterocycles. The Hall–Kier alpha value is -1.18. The third-order valence-electron chi connectivity index (χ3n) is 2.59. The number of hydrogen-bond donors (Lipinski definition) is 1. The van der Waals surface area contributed by atoms with Gasteiger partial charge >= 0.3 is 0 Å². The van der Waals surface area contributed by atoms with Gasteiger partial charge in [0.05, 0.1) is 0 Å². The highest BCUT2D eigenvalue weighted by Crippen LogP contribution is 2.28. The molecule has 0 unspecified atom stereocenters. The Balaban J connectivity index is 2.29. The van der Waals surface area contributed by atoms with Crippen LogP contribution >= 0.6 is 0 Å². The van der Waals surface area contributed by atoms with Gasteiger partial charge in [-0.1, -0.05) is 0 Å². The van der Waals surface area contributed by atoms with Crippen LogP contribution in [0.3, 0.4) is 0 Å². The van der Waals surface area contributed by atoms with Gasteiger partial charge in [0.1, 0.15) is 0 Å². The quantitative estimate of drug-likeness (QED) is 0.742. The summed E-state index contributed by atoms with van der Waals surface area (Å²) in [7, 11) is 2.15. The molecule has 1 N–H and O–H groups in total. The first-order valence-electron chi connectivity index (χ1n) is 4.89. The maximum absolute atomic E-state index is 3.33. The lowest BCUT2D eigenvalue weighted by Gasteiger charge is -2.12. The molecule has 0 aliphatic carbocycles. The van der Waals surface area contributed by atoms with Gasteiger partial charge in [-0.05, 0) is 37.1 Å². The van der Waals surface area contributed by atoms with Crippen molar-refractivity contribution >= 4 is 11.4 Å². The van der Waals surface area contributed by atoms with Crippen LogP contribution in [0, 0.1) is 0 Å². The second-order valence-corrected chi connectivity index (χ2v) is 3.55. The van der Waals surface area contributed by atoms with E-state index in [1.54, 1.807) is 0 Å². The van der Waals surface area contributed by atoms with Crippen LogP contribution in [-0.4, -0.2) is 20.1 Å². The topological polar surface area (TPSA) is 15.3 Å². The molecular formula is C11H16N2. The molecule has 2 heteroatoms. The van der Waals surface area contributed by atoms with E-state index in [2.05, 4.69) is 42.4 Å². The lowest BCUT2D eigenvalue weighted by Crippen LogP contribution is -2.12. The largest absolute Gasteiger partial charge is 0.385 e. The van der Waals surface area contributed by atoms with Crippen molar-refractivity contribution in [3.8, 4) is 0 Å². The third-order valence-corrected chi connectivity index (χ3v) is 2.59. The van der Waals surface area contributed by atoms with Crippen LogP contribution in [0.15, 0.2) is 18.2 Å². The lowest BCUT2D eigenvalue weighted by atomic mass is 10.1. The molecule has 0 aromatic heterocycles. The summed E-state index contributed by atoms with van der Waals surface area (Å²) in [4.78, 5) is 2.31. The first-order chi connectivity index (χ1) is 6.31. The molecule has 1 aliphatic rings. The van der Waals surface area contributed by atoms with Crippen LogP contribution in [0.5, 0.6) is 0 Å². The number of likely N-dealkylation sites (N-methyl/N-ethyl adjacent to an activating group) is 1. The summed E-state index contributed by atoms with van der Waals surface area (Å²) in [5.74, 6) is 0. The molecule has 2 rings (SSSR count). The van der Waals surface area contributed by atoms with Crippen molar-refractivity contribution in [3.05, 3.63) is 23.8 Å². The predicted molar refractivity (Wildman–Crippen MR) is 57.6 cm³/mol. The summed E-state index contributed by atoms with van der Waals surface area (Å²) < 4.78 is 0. The van der Waals surface area contributed by atoms with Crippen LogP contribution in [0.1, 0.15) is 12.5 Å². The van der Waals surface area contributed by atoms with Gasteiger partial charge in [-0.3, -0.25) is 0 Å². The van der Waals surface area contributed by atoms with E-state index in [1.807, 2.05) is 0 Å². The third kappa shape index (κ3) is 1.48. The van der Waals surface area contributed by atoms with Gasteiger partial charge in [0.15, 0.2) is 0 Å². The molecule has 0 atom stereocenters. The molecule has 0 radical (unpaired) electrons. The second kappa shape index (κ2) is 3.29. The molecule has 0 saturated carbocycles. The smallest absolute Gasteiger partial charge is 0.0398 e. The van der Waals surface area contributed by atoms with Gasteiger partial charge in [0.2, 0.25) is 0 Å². The van der Waals surface area contributed by atoms with Gasteiger partial charge in [-0.25, -0.2) is 0 Å². The molecule has 13 heavy (non-hydrogen) atoms. The van der Waals surface area contributed by atoms with Gasteiger partial charge in [-0.15, -0.1) is 0 Å². The van der Waals surface area contributed by atoms with Gasteiger partial charge < -0.3 is 10.2 Å². The SMILES string of the molecule is CCNc1ccc2c(c1)CCN2C. The van der Waals surface area contributed by atoms with Gasteiger partial charge in [-0.2, -0.15) is 0 Å². The molecule has 0 amide bonds. The average Bonchev–Trinajstić information content (AvgIpc) is 2.48. The normalized spacial score (nSPS) is 14.5. The Morgan fingerprint density at radius 1 is 1.46 bits per heavy atom. The Bertz CT molecular complexity index is 307. The Morgan fingerprint density at radius 3 is 3.08 bits per heavy atom. The Kier molecular flexibility index (Phi) is 2.13. The predicted octanol–water partition coefficient (Wildman–Crippen LogP) is 2.11. The number of rotatable bonds is 2. The summed E-state index contributed by atoms with van der Waals surface area (Å²) in [5.41, 5.74) is 4.11. The van der Waals surface area contributed by atoms with E-state index in [4.69, 9.17) is 0 Å². The number of fused-ring (bicyclic) bond motifs is 1. The van der Waals surface area contributed by atoms with Crippen LogP contribution < -0.4 is 10.2 Å². The van der Waals surface area contributed by atoms with E-state index in [1.165, 1.54) is 23.4 Å². The average molecular weight is 176 g/mol. The van der Waals surface area contributed by atoms with Crippen molar-refractivity contribution in [1.82, 2.24) is 0 Å². The van der Waals surface area contributed by atoms with Crippen molar-refractivity contribution in [2.75, 3.05) is 30.4 Å². The fourth-order valence-corrected chi connectivity index (χ4v) is 1.88. The highest BCUT2D eigenvalue weighted by molar-refractivity contribution is 5.63. The lowest BCUT2D eigenvalue weighted by molar-refractivity contribution is 0.956. The van der Waals surface area contributed by atoms with Gasteiger partial charge in [0.25, 0.3) is 0 Å². The summed E-state index contributed by atoms with van der Waals surface area (Å²) in [6, 6.07) is 6.63. The van der Waals surface area contributed by atoms with E-state index >= 15 is 0 Å². The van der Waals surface area contributed by atoms with E-state index in [0.29, 0.717) is 0 Å². The zero-order valence-corrected chi connectivity index (χ0v) is 8.30. The van der Waals surface area contributed by atoms with Crippen molar-refractivity contribution in [2.24, 2.45) is 0 Å². The molecule has 0 fully saturated rings. The Labute approximate surface area is 79.6 Å². The minimum atomic E-state index is 0.995. The standard InChI is InChI=1S/C11H16N2/c1-3-12-10-4-5-11-9(8-10)6-7-13(11)2/h4-5,8,12H,3,6-7H2,1-2H3. The summed E-state index contributed by atoms with van der Waals surface area (Å²) >= 11 is 0. The van der Waals surface area contributed by atoms with E-state index in [9.17, 15) is 0 Å². The van der Waals surface area contributed by atoms with Crippen LogP contribution in [0.25, 0.3) is 0 Å². The zero-order valence-electron chi connectivity index (χ0n) is 8.30. The maximum atomic E-state index is 3.33. The van der Waals surface area contributed by atoms with Crippen LogP contribution in [-0.2, 0) is 6.42 Å². The second-order valence-electron chi connectivity index (χ2n) is 3.55. The monoisotopic (exact) mass is 176 g/mol. The highest BCUT2D eigenvalue weighted by Gasteiger charge is 2.14. The summed E-state index contributed by atoms with van der Waals surface area (Å²) in [5, 5.41) is 3.33. The van der Waals surface area contributed by atoms with Crippen molar-refractivity contribution in [3.63, 3.8) is 0 Å². The molecule has 1 aromatic rings. The molecule has 1 aromatic carbocycles.